The van der Waals surface area contributed by atoms with Crippen molar-refractivity contribution >= 4 is 23.1 Å². The number of rotatable bonds is 5. The zero-order valence-electron chi connectivity index (χ0n) is 16.2. The highest BCUT2D eigenvalue weighted by atomic mass is 16.2. The molecule has 0 fully saturated rings. The second kappa shape index (κ2) is 7.30. The lowest BCUT2D eigenvalue weighted by Gasteiger charge is -2.28. The molecule has 0 radical (unpaired) electrons. The van der Waals surface area contributed by atoms with Crippen molar-refractivity contribution in [2.45, 2.75) is 26.9 Å². The van der Waals surface area contributed by atoms with E-state index in [0.29, 0.717) is 19.6 Å². The lowest BCUT2D eigenvalue weighted by molar-refractivity contribution is -0.115. The molecule has 0 unspecified atom stereocenters. The first kappa shape index (κ1) is 18.0. The van der Waals surface area contributed by atoms with Crippen LogP contribution >= 0.6 is 0 Å². The van der Waals surface area contributed by atoms with Gasteiger partial charge in [0.05, 0.1) is 42.9 Å². The maximum Gasteiger partial charge on any atom is 0.243 e. The number of anilines is 3. The van der Waals surface area contributed by atoms with E-state index < -0.39 is 0 Å². The summed E-state index contributed by atoms with van der Waals surface area (Å²) in [6.45, 7) is 5.52. The molecule has 1 amide bonds. The van der Waals surface area contributed by atoms with E-state index in [9.17, 15) is 4.79 Å². The Hall–Kier alpha value is -3.42. The van der Waals surface area contributed by atoms with Gasteiger partial charge >= 0.3 is 0 Å². The number of aryl methyl sites for hydroxylation is 2. The maximum atomic E-state index is 11.7. The summed E-state index contributed by atoms with van der Waals surface area (Å²) in [5.41, 5.74) is 5.77. The average Bonchev–Trinajstić information content (AvgIpc) is 3.08. The molecule has 1 aliphatic rings. The van der Waals surface area contributed by atoms with Gasteiger partial charge in [-0.25, -0.2) is 9.67 Å². The van der Waals surface area contributed by atoms with Crippen LogP contribution in [0.25, 0.3) is 0 Å². The molecule has 0 spiro atoms. The van der Waals surface area contributed by atoms with E-state index >= 15 is 0 Å². The number of carbonyl (C=O) groups is 1. The molecule has 8 nitrogen and oxygen atoms in total. The molecule has 1 aliphatic heterocycles. The Labute approximate surface area is 163 Å². The zero-order valence-corrected chi connectivity index (χ0v) is 16.2. The quantitative estimate of drug-likeness (QED) is 0.710. The third kappa shape index (κ3) is 3.80. The zero-order chi connectivity index (χ0) is 19.7. The highest BCUT2D eigenvalue weighted by molar-refractivity contribution is 6.02. The van der Waals surface area contributed by atoms with Gasteiger partial charge in [0.25, 0.3) is 0 Å². The van der Waals surface area contributed by atoms with Crippen molar-refractivity contribution in [2.24, 2.45) is 0 Å². The van der Waals surface area contributed by atoms with Gasteiger partial charge in [0.15, 0.2) is 0 Å². The molecule has 0 atom stereocenters. The number of hydrogen-bond donors (Lipinski definition) is 2. The van der Waals surface area contributed by atoms with Crippen molar-refractivity contribution in [3.8, 4) is 0 Å². The van der Waals surface area contributed by atoms with E-state index in [1.54, 1.807) is 0 Å². The minimum atomic E-state index is -0.0224. The number of aromatic nitrogens is 4. The minimum Gasteiger partial charge on any atom is -0.364 e. The SMILES string of the molecule is Cc1cccc(Cn2cc(CNc3cc4c(c(C)n3)NC(=O)CN4C)nn2)c1. The summed E-state index contributed by atoms with van der Waals surface area (Å²) in [5.74, 6) is 0.721. The molecule has 4 rings (SSSR count). The summed E-state index contributed by atoms with van der Waals surface area (Å²) in [6.07, 6.45) is 1.94. The molecular formula is C20H23N7O. The van der Waals surface area contributed by atoms with E-state index in [4.69, 9.17) is 0 Å². The van der Waals surface area contributed by atoms with Crippen molar-refractivity contribution in [3.63, 3.8) is 0 Å². The van der Waals surface area contributed by atoms with Gasteiger partial charge in [-0.2, -0.15) is 0 Å². The summed E-state index contributed by atoms with van der Waals surface area (Å²) in [6, 6.07) is 10.3. The van der Waals surface area contributed by atoms with Gasteiger partial charge in [0.1, 0.15) is 11.5 Å². The number of amides is 1. The Morgan fingerprint density at radius 1 is 1.25 bits per heavy atom. The second-order valence-corrected chi connectivity index (χ2v) is 7.14. The van der Waals surface area contributed by atoms with Crippen LogP contribution in [-0.4, -0.2) is 39.5 Å². The third-order valence-electron chi connectivity index (χ3n) is 4.70. The van der Waals surface area contributed by atoms with Gasteiger partial charge in [-0.1, -0.05) is 35.0 Å². The topological polar surface area (TPSA) is 88.0 Å². The maximum absolute atomic E-state index is 11.7. The highest BCUT2D eigenvalue weighted by Gasteiger charge is 2.22. The van der Waals surface area contributed by atoms with Crippen molar-refractivity contribution in [1.82, 2.24) is 20.0 Å². The molecule has 2 N–H and O–H groups in total. The number of hydrogen-bond acceptors (Lipinski definition) is 6. The van der Waals surface area contributed by atoms with Crippen molar-refractivity contribution in [1.29, 1.82) is 0 Å². The van der Waals surface area contributed by atoms with Crippen molar-refractivity contribution < 1.29 is 4.79 Å². The van der Waals surface area contributed by atoms with Crippen LogP contribution in [0.1, 0.15) is 22.5 Å². The Balaban J connectivity index is 1.44. The lowest BCUT2D eigenvalue weighted by atomic mass is 10.1. The first-order valence-electron chi connectivity index (χ1n) is 9.19. The van der Waals surface area contributed by atoms with Crippen molar-refractivity contribution in [3.05, 3.63) is 59.0 Å². The molecule has 1 aromatic carbocycles. The van der Waals surface area contributed by atoms with E-state index in [-0.39, 0.29) is 5.91 Å². The van der Waals surface area contributed by atoms with Gasteiger partial charge in [-0.3, -0.25) is 4.79 Å². The Morgan fingerprint density at radius 3 is 2.93 bits per heavy atom. The molecule has 28 heavy (non-hydrogen) atoms. The van der Waals surface area contributed by atoms with Crippen LogP contribution in [0.2, 0.25) is 0 Å². The molecule has 3 aromatic rings. The van der Waals surface area contributed by atoms with Crippen LogP contribution in [-0.2, 0) is 17.9 Å². The van der Waals surface area contributed by atoms with Crippen molar-refractivity contribution in [2.75, 3.05) is 29.1 Å². The fraction of sp³-hybridized carbons (Fsp3) is 0.300. The van der Waals surface area contributed by atoms with Crippen LogP contribution < -0.4 is 15.5 Å². The first-order chi connectivity index (χ1) is 13.5. The van der Waals surface area contributed by atoms with Crippen LogP contribution in [0, 0.1) is 13.8 Å². The number of benzene rings is 1. The van der Waals surface area contributed by atoms with E-state index in [1.165, 1.54) is 11.1 Å². The molecule has 8 heteroatoms. The lowest BCUT2D eigenvalue weighted by Crippen LogP contribution is -2.36. The van der Waals surface area contributed by atoms with E-state index in [1.807, 2.05) is 41.9 Å². The van der Waals surface area contributed by atoms with Gasteiger partial charge in [-0.15, -0.1) is 5.10 Å². The molecule has 0 aliphatic carbocycles. The van der Waals surface area contributed by atoms with Crippen LogP contribution in [0.3, 0.4) is 0 Å². The summed E-state index contributed by atoms with van der Waals surface area (Å²) in [5, 5.41) is 14.6. The molecule has 144 valence electrons. The first-order valence-corrected chi connectivity index (χ1v) is 9.19. The number of fused-ring (bicyclic) bond motifs is 1. The third-order valence-corrected chi connectivity index (χ3v) is 4.70. The summed E-state index contributed by atoms with van der Waals surface area (Å²) in [4.78, 5) is 18.2. The number of nitrogens with one attached hydrogen (secondary N) is 2. The second-order valence-electron chi connectivity index (χ2n) is 7.14. The Morgan fingerprint density at radius 2 is 2.11 bits per heavy atom. The smallest absolute Gasteiger partial charge is 0.243 e. The summed E-state index contributed by atoms with van der Waals surface area (Å²) < 4.78 is 1.83. The molecule has 0 saturated carbocycles. The molecule has 2 aromatic heterocycles. The Kier molecular flexibility index (Phi) is 4.68. The minimum absolute atomic E-state index is 0.0224. The highest BCUT2D eigenvalue weighted by Crippen LogP contribution is 2.32. The summed E-state index contributed by atoms with van der Waals surface area (Å²) in [7, 11) is 1.90. The Bertz CT molecular complexity index is 1030. The van der Waals surface area contributed by atoms with Gasteiger partial charge < -0.3 is 15.5 Å². The van der Waals surface area contributed by atoms with Crippen LogP contribution in [0.4, 0.5) is 17.2 Å². The standard InChI is InChI=1S/C20H23N7O/c1-13-5-4-6-15(7-13)10-27-11-16(24-25-27)9-21-18-8-17-20(14(2)22-18)23-19(28)12-26(17)3/h4-8,11H,9-10,12H2,1-3H3,(H,21,22)(H,23,28). The number of carbonyl (C=O) groups excluding carboxylic acids is 1. The molecule has 0 saturated heterocycles. The van der Waals surface area contributed by atoms with Gasteiger partial charge in [0.2, 0.25) is 5.91 Å². The van der Waals surface area contributed by atoms with Gasteiger partial charge in [-0.05, 0) is 19.4 Å². The van der Waals surface area contributed by atoms with Crippen LogP contribution in [0.15, 0.2) is 36.5 Å². The van der Waals surface area contributed by atoms with E-state index in [2.05, 4.69) is 51.1 Å². The predicted molar refractivity (Wildman–Crippen MR) is 109 cm³/mol. The molecule has 3 heterocycles. The number of likely N-dealkylation sites (N-methyl/N-ethyl adjacent to an activating group) is 1. The normalized spacial score (nSPS) is 13.2. The summed E-state index contributed by atoms with van der Waals surface area (Å²) >= 11 is 0. The fourth-order valence-corrected chi connectivity index (χ4v) is 3.36. The fourth-order valence-electron chi connectivity index (χ4n) is 3.36. The van der Waals surface area contributed by atoms with E-state index in [0.717, 1.165) is 28.6 Å². The largest absolute Gasteiger partial charge is 0.364 e. The molecular weight excluding hydrogens is 354 g/mol. The number of pyridine rings is 1. The van der Waals surface area contributed by atoms with Crippen LogP contribution in [0.5, 0.6) is 0 Å². The molecule has 0 bridgehead atoms. The predicted octanol–water partition coefficient (Wildman–Crippen LogP) is 2.34. The van der Waals surface area contributed by atoms with Gasteiger partial charge in [0, 0.05) is 13.1 Å². The average molecular weight is 377 g/mol. The monoisotopic (exact) mass is 377 g/mol. The number of nitrogens with zero attached hydrogens (tertiary/aromatic N) is 5.